The molecule has 0 saturated carbocycles. The van der Waals surface area contributed by atoms with Gasteiger partial charge >= 0.3 is 0 Å². The second-order valence-corrected chi connectivity index (χ2v) is 9.44. The van der Waals surface area contributed by atoms with Crippen LogP contribution in [0.25, 0.3) is 0 Å². The fraction of sp³-hybridized carbons (Fsp3) is 0.304. The van der Waals surface area contributed by atoms with E-state index in [0.717, 1.165) is 11.8 Å². The quantitative estimate of drug-likeness (QED) is 0.226. The molecule has 0 saturated heterocycles. The van der Waals surface area contributed by atoms with Gasteiger partial charge in [-0.15, -0.1) is 10.2 Å². The first-order valence-corrected chi connectivity index (χ1v) is 12.1. The van der Waals surface area contributed by atoms with E-state index in [0.29, 0.717) is 22.2 Å². The molecule has 0 bridgehead atoms. The van der Waals surface area contributed by atoms with Crippen LogP contribution in [-0.2, 0) is 11.8 Å². The van der Waals surface area contributed by atoms with Gasteiger partial charge in [0.2, 0.25) is 5.91 Å². The molecule has 1 atom stereocenters. The minimum absolute atomic E-state index is 0.00872. The van der Waals surface area contributed by atoms with E-state index >= 15 is 0 Å². The number of hydrogen-bond acceptors (Lipinski definition) is 9. The molecule has 37 heavy (non-hydrogen) atoms. The molecule has 2 N–H and O–H groups in total. The molecule has 13 nitrogen and oxygen atoms in total. The average Bonchev–Trinajstić information content (AvgIpc) is 3.21. The summed E-state index contributed by atoms with van der Waals surface area (Å²) in [6.45, 7) is 5.44. The van der Waals surface area contributed by atoms with Crippen LogP contribution in [0.1, 0.15) is 41.6 Å². The fourth-order valence-corrected chi connectivity index (χ4v) is 4.17. The zero-order valence-corrected chi connectivity index (χ0v) is 21.3. The number of aromatic nitrogens is 3. The number of carbonyl (C=O) groups excluding carboxylic acids is 2. The minimum Gasteiger partial charge on any atom is -0.342 e. The Balaban J connectivity index is 1.68. The maximum atomic E-state index is 12.8. The molecule has 0 aliphatic carbocycles. The van der Waals surface area contributed by atoms with E-state index < -0.39 is 21.8 Å². The lowest BCUT2D eigenvalue weighted by Gasteiger charge is -2.21. The van der Waals surface area contributed by atoms with Crippen LogP contribution in [0.4, 0.5) is 17.1 Å². The smallest absolute Gasteiger partial charge is 0.270 e. The molecule has 1 aromatic heterocycles. The molecule has 3 aromatic rings. The van der Waals surface area contributed by atoms with Gasteiger partial charge < -0.3 is 15.2 Å². The molecule has 3 rings (SSSR count). The van der Waals surface area contributed by atoms with Crippen molar-refractivity contribution in [2.24, 2.45) is 13.0 Å². The number of nitrogens with zero attached hydrogens (tertiary/aromatic N) is 5. The van der Waals surface area contributed by atoms with Gasteiger partial charge in [-0.05, 0) is 30.5 Å². The molecular formula is C23H25N7O6S. The second kappa shape index (κ2) is 11.6. The normalized spacial score (nSPS) is 11.7. The summed E-state index contributed by atoms with van der Waals surface area (Å²) in [6, 6.07) is 9.08. The molecule has 14 heteroatoms. The van der Waals surface area contributed by atoms with Gasteiger partial charge in [0.15, 0.2) is 11.0 Å². The van der Waals surface area contributed by atoms with E-state index in [1.165, 1.54) is 42.5 Å². The summed E-state index contributed by atoms with van der Waals surface area (Å²) >= 11 is 1.14. The molecule has 0 spiro atoms. The summed E-state index contributed by atoms with van der Waals surface area (Å²) in [5.41, 5.74) is 0.934. The summed E-state index contributed by atoms with van der Waals surface area (Å²) in [5.74, 6) is -0.433. The van der Waals surface area contributed by atoms with Crippen molar-refractivity contribution >= 4 is 40.6 Å². The number of nitrogens with one attached hydrogen (secondary N) is 2. The number of rotatable bonds is 10. The largest absolute Gasteiger partial charge is 0.342 e. The average molecular weight is 528 g/mol. The van der Waals surface area contributed by atoms with Crippen LogP contribution in [0.2, 0.25) is 0 Å². The Bertz CT molecular complexity index is 1360. The van der Waals surface area contributed by atoms with E-state index in [-0.39, 0.29) is 34.5 Å². The van der Waals surface area contributed by atoms with E-state index in [2.05, 4.69) is 20.8 Å². The monoisotopic (exact) mass is 527 g/mol. The maximum absolute atomic E-state index is 12.8. The van der Waals surface area contributed by atoms with Gasteiger partial charge in [-0.1, -0.05) is 31.7 Å². The summed E-state index contributed by atoms with van der Waals surface area (Å²) in [6.07, 6.45) is 0. The van der Waals surface area contributed by atoms with Gasteiger partial charge in [-0.3, -0.25) is 29.8 Å². The number of thioether (sulfide) groups is 1. The van der Waals surface area contributed by atoms with Crippen molar-refractivity contribution in [1.29, 1.82) is 0 Å². The first-order valence-electron chi connectivity index (χ1n) is 11.1. The molecule has 0 aliphatic heterocycles. The Morgan fingerprint density at radius 2 is 1.73 bits per heavy atom. The van der Waals surface area contributed by atoms with Crippen LogP contribution < -0.4 is 10.6 Å². The Morgan fingerprint density at radius 3 is 2.35 bits per heavy atom. The Labute approximate surface area is 216 Å². The van der Waals surface area contributed by atoms with Gasteiger partial charge in [0.25, 0.3) is 17.3 Å². The lowest BCUT2D eigenvalue weighted by molar-refractivity contribution is -0.385. The highest BCUT2D eigenvalue weighted by atomic mass is 32.2. The predicted octanol–water partition coefficient (Wildman–Crippen LogP) is 3.80. The molecule has 0 aliphatic rings. The lowest BCUT2D eigenvalue weighted by Crippen LogP contribution is -2.33. The summed E-state index contributed by atoms with van der Waals surface area (Å²) in [7, 11) is 1.71. The summed E-state index contributed by atoms with van der Waals surface area (Å²) < 4.78 is 1.67. The Morgan fingerprint density at radius 1 is 1.05 bits per heavy atom. The number of carbonyl (C=O) groups is 2. The molecule has 2 aromatic carbocycles. The van der Waals surface area contributed by atoms with E-state index in [4.69, 9.17) is 0 Å². The number of benzene rings is 2. The van der Waals surface area contributed by atoms with Crippen LogP contribution >= 0.6 is 11.8 Å². The summed E-state index contributed by atoms with van der Waals surface area (Å²) in [5, 5.41) is 36.3. The molecule has 1 heterocycles. The Hall–Kier alpha value is -4.33. The number of non-ortho nitro benzene ring substituents is 2. The maximum Gasteiger partial charge on any atom is 0.270 e. The second-order valence-electron chi connectivity index (χ2n) is 8.50. The van der Waals surface area contributed by atoms with Crippen LogP contribution in [0.15, 0.2) is 47.6 Å². The first kappa shape index (κ1) is 27.3. The molecule has 2 amide bonds. The third kappa shape index (κ3) is 6.67. The standard InChI is InChI=1S/C23H25N7O6S/c1-13(2)20(25-22(32)15-6-5-7-16(11-15)29(33)34)21-26-27-23(28(21)4)37-12-19(31)24-18-9-8-17(30(35)36)10-14(18)3/h5-11,13,20H,12H2,1-4H3,(H,24,31)(H,25,32)/t20-/m1/s1. The van der Waals surface area contributed by atoms with Crippen LogP contribution in [-0.4, -0.2) is 42.2 Å². The first-order chi connectivity index (χ1) is 17.5. The zero-order valence-electron chi connectivity index (χ0n) is 20.5. The third-order valence-corrected chi connectivity index (χ3v) is 6.47. The third-order valence-electron chi connectivity index (χ3n) is 5.45. The Kier molecular flexibility index (Phi) is 8.55. The topological polar surface area (TPSA) is 175 Å². The van der Waals surface area contributed by atoms with Crippen molar-refractivity contribution < 1.29 is 19.4 Å². The van der Waals surface area contributed by atoms with Gasteiger partial charge in [0.1, 0.15) is 0 Å². The minimum atomic E-state index is -0.567. The highest BCUT2D eigenvalue weighted by Gasteiger charge is 2.26. The van der Waals surface area contributed by atoms with E-state index in [1.54, 1.807) is 18.5 Å². The molecule has 0 fully saturated rings. The van der Waals surface area contributed by atoms with Crippen molar-refractivity contribution in [2.45, 2.75) is 32.0 Å². The van der Waals surface area contributed by atoms with E-state index in [9.17, 15) is 29.8 Å². The van der Waals surface area contributed by atoms with Gasteiger partial charge in [0, 0.05) is 42.6 Å². The van der Waals surface area contributed by atoms with Crippen molar-refractivity contribution in [1.82, 2.24) is 20.1 Å². The fourth-order valence-electron chi connectivity index (χ4n) is 3.46. The van der Waals surface area contributed by atoms with Crippen molar-refractivity contribution in [2.75, 3.05) is 11.1 Å². The van der Waals surface area contributed by atoms with Gasteiger partial charge in [0.05, 0.1) is 21.6 Å². The van der Waals surface area contributed by atoms with Gasteiger partial charge in [-0.25, -0.2) is 0 Å². The molecule has 0 unspecified atom stereocenters. The van der Waals surface area contributed by atoms with Crippen molar-refractivity contribution in [3.63, 3.8) is 0 Å². The highest BCUT2D eigenvalue weighted by molar-refractivity contribution is 7.99. The number of nitro benzene ring substituents is 2. The predicted molar refractivity (Wildman–Crippen MR) is 136 cm³/mol. The van der Waals surface area contributed by atoms with Crippen molar-refractivity contribution in [3.05, 3.63) is 79.6 Å². The van der Waals surface area contributed by atoms with Crippen LogP contribution in [0.3, 0.4) is 0 Å². The lowest BCUT2D eigenvalue weighted by atomic mass is 10.0. The number of hydrogen-bond donors (Lipinski definition) is 2. The zero-order chi connectivity index (χ0) is 27.3. The van der Waals surface area contributed by atoms with Gasteiger partial charge in [-0.2, -0.15) is 0 Å². The molecule has 0 radical (unpaired) electrons. The van der Waals surface area contributed by atoms with E-state index in [1.807, 2.05) is 13.8 Å². The number of aryl methyl sites for hydroxylation is 1. The number of nitro groups is 2. The molecule has 194 valence electrons. The molecular weight excluding hydrogens is 502 g/mol. The van der Waals surface area contributed by atoms with Crippen molar-refractivity contribution in [3.8, 4) is 0 Å². The van der Waals surface area contributed by atoms with Crippen LogP contribution in [0, 0.1) is 33.1 Å². The van der Waals surface area contributed by atoms with Crippen LogP contribution in [0.5, 0.6) is 0 Å². The number of amides is 2. The summed E-state index contributed by atoms with van der Waals surface area (Å²) in [4.78, 5) is 46.1. The SMILES string of the molecule is Cc1cc([N+](=O)[O-])ccc1NC(=O)CSc1nnc([C@H](NC(=O)c2cccc([N+](=O)[O-])c2)C(C)C)n1C. The highest BCUT2D eigenvalue weighted by Crippen LogP contribution is 2.26. The number of anilines is 1.